The standard InChI is InChI=1S/C18H26N2O3/c1-22-16-6-5-15(11-17(16)23-2)12-18(21)20-9-7-19(8-10-20)13-14-3-4-14/h5-6,11,14H,3-4,7-10,12-13H2,1-2H3. The highest BCUT2D eigenvalue weighted by Crippen LogP contribution is 2.30. The molecule has 1 aromatic carbocycles. The minimum Gasteiger partial charge on any atom is -0.493 e. The molecule has 2 fully saturated rings. The van der Waals surface area contributed by atoms with E-state index in [1.807, 2.05) is 23.1 Å². The molecule has 0 N–H and O–H groups in total. The molecule has 1 saturated heterocycles. The number of nitrogens with zero attached hydrogens (tertiary/aromatic N) is 2. The van der Waals surface area contributed by atoms with Crippen molar-refractivity contribution < 1.29 is 14.3 Å². The SMILES string of the molecule is COc1ccc(CC(=O)N2CCN(CC3CC3)CC2)cc1OC. The van der Waals surface area contributed by atoms with E-state index in [0.717, 1.165) is 37.7 Å². The van der Waals surface area contributed by atoms with Crippen LogP contribution in [0.1, 0.15) is 18.4 Å². The molecular formula is C18H26N2O3. The van der Waals surface area contributed by atoms with Crippen LogP contribution in [0.25, 0.3) is 0 Å². The third kappa shape index (κ3) is 4.16. The summed E-state index contributed by atoms with van der Waals surface area (Å²) in [4.78, 5) is 17.0. The summed E-state index contributed by atoms with van der Waals surface area (Å²) < 4.78 is 10.5. The minimum atomic E-state index is 0.197. The van der Waals surface area contributed by atoms with E-state index in [1.54, 1.807) is 14.2 Å². The molecule has 0 atom stereocenters. The van der Waals surface area contributed by atoms with Gasteiger partial charge in [0.25, 0.3) is 0 Å². The van der Waals surface area contributed by atoms with E-state index in [0.29, 0.717) is 17.9 Å². The van der Waals surface area contributed by atoms with E-state index in [2.05, 4.69) is 4.90 Å². The van der Waals surface area contributed by atoms with Gasteiger partial charge in [-0.2, -0.15) is 0 Å². The largest absolute Gasteiger partial charge is 0.493 e. The van der Waals surface area contributed by atoms with Crippen LogP contribution in [0.2, 0.25) is 0 Å². The number of rotatable bonds is 6. The predicted octanol–water partition coefficient (Wildman–Crippen LogP) is 1.80. The van der Waals surface area contributed by atoms with E-state index in [-0.39, 0.29) is 5.91 Å². The molecule has 1 aliphatic heterocycles. The van der Waals surface area contributed by atoms with Gasteiger partial charge in [-0.05, 0) is 36.5 Å². The zero-order valence-electron chi connectivity index (χ0n) is 14.1. The number of carbonyl (C=O) groups excluding carboxylic acids is 1. The zero-order valence-corrected chi connectivity index (χ0v) is 14.1. The van der Waals surface area contributed by atoms with Crippen molar-refractivity contribution in [1.29, 1.82) is 0 Å². The van der Waals surface area contributed by atoms with E-state index in [1.165, 1.54) is 19.4 Å². The average molecular weight is 318 g/mol. The summed E-state index contributed by atoms with van der Waals surface area (Å²) in [5, 5.41) is 0. The highest BCUT2D eigenvalue weighted by Gasteiger charge is 2.27. The molecule has 2 aliphatic rings. The second kappa shape index (κ2) is 7.21. The Hall–Kier alpha value is -1.75. The van der Waals surface area contributed by atoms with Crippen molar-refractivity contribution in [2.75, 3.05) is 46.9 Å². The van der Waals surface area contributed by atoms with Crippen LogP contribution < -0.4 is 9.47 Å². The van der Waals surface area contributed by atoms with Crippen molar-refractivity contribution in [3.63, 3.8) is 0 Å². The molecule has 1 saturated carbocycles. The van der Waals surface area contributed by atoms with Gasteiger partial charge in [-0.1, -0.05) is 6.07 Å². The van der Waals surface area contributed by atoms with Crippen molar-refractivity contribution in [1.82, 2.24) is 9.80 Å². The van der Waals surface area contributed by atoms with Gasteiger partial charge < -0.3 is 14.4 Å². The fourth-order valence-corrected chi connectivity index (χ4v) is 3.12. The third-order valence-electron chi connectivity index (χ3n) is 4.74. The summed E-state index contributed by atoms with van der Waals surface area (Å²) in [6.45, 7) is 4.93. The third-order valence-corrected chi connectivity index (χ3v) is 4.74. The van der Waals surface area contributed by atoms with Crippen molar-refractivity contribution in [2.45, 2.75) is 19.3 Å². The summed E-state index contributed by atoms with van der Waals surface area (Å²) in [5.41, 5.74) is 0.966. The first kappa shape index (κ1) is 16.1. The highest BCUT2D eigenvalue weighted by atomic mass is 16.5. The molecule has 0 unspecified atom stereocenters. The molecule has 0 spiro atoms. The molecule has 1 heterocycles. The molecule has 1 amide bonds. The van der Waals surface area contributed by atoms with Crippen LogP contribution in [-0.4, -0.2) is 62.7 Å². The molecule has 126 valence electrons. The number of methoxy groups -OCH3 is 2. The van der Waals surface area contributed by atoms with Crippen LogP contribution >= 0.6 is 0 Å². The summed E-state index contributed by atoms with van der Waals surface area (Å²) in [6.07, 6.45) is 3.19. The summed E-state index contributed by atoms with van der Waals surface area (Å²) in [6, 6.07) is 5.68. The Labute approximate surface area is 138 Å². The maximum absolute atomic E-state index is 12.5. The Morgan fingerprint density at radius 1 is 1.09 bits per heavy atom. The summed E-state index contributed by atoms with van der Waals surface area (Å²) in [7, 11) is 3.23. The van der Waals surface area contributed by atoms with E-state index in [9.17, 15) is 4.79 Å². The van der Waals surface area contributed by atoms with Gasteiger partial charge in [0.05, 0.1) is 20.6 Å². The van der Waals surface area contributed by atoms with Gasteiger partial charge in [0.15, 0.2) is 11.5 Å². The number of benzene rings is 1. The zero-order chi connectivity index (χ0) is 16.2. The number of amides is 1. The van der Waals surface area contributed by atoms with Gasteiger partial charge in [-0.15, -0.1) is 0 Å². The Morgan fingerprint density at radius 2 is 1.78 bits per heavy atom. The number of carbonyl (C=O) groups is 1. The Morgan fingerprint density at radius 3 is 2.39 bits per heavy atom. The molecule has 0 bridgehead atoms. The summed E-state index contributed by atoms with van der Waals surface area (Å²) >= 11 is 0. The number of piperazine rings is 1. The number of hydrogen-bond donors (Lipinski definition) is 0. The van der Waals surface area contributed by atoms with Crippen LogP contribution in [-0.2, 0) is 11.2 Å². The van der Waals surface area contributed by atoms with E-state index >= 15 is 0 Å². The molecule has 3 rings (SSSR count). The summed E-state index contributed by atoms with van der Waals surface area (Å²) in [5.74, 6) is 2.48. The van der Waals surface area contributed by atoms with E-state index in [4.69, 9.17) is 9.47 Å². The minimum absolute atomic E-state index is 0.197. The lowest BCUT2D eigenvalue weighted by Crippen LogP contribution is -2.49. The number of hydrogen-bond acceptors (Lipinski definition) is 4. The predicted molar refractivity (Wildman–Crippen MR) is 89.0 cm³/mol. The molecule has 5 heteroatoms. The molecule has 1 aromatic rings. The van der Waals surface area contributed by atoms with Crippen LogP contribution in [0.3, 0.4) is 0 Å². The highest BCUT2D eigenvalue weighted by molar-refractivity contribution is 5.79. The van der Waals surface area contributed by atoms with Crippen molar-refractivity contribution in [3.05, 3.63) is 23.8 Å². The Kier molecular flexibility index (Phi) is 5.06. The molecule has 23 heavy (non-hydrogen) atoms. The van der Waals surface area contributed by atoms with Crippen LogP contribution in [0.15, 0.2) is 18.2 Å². The lowest BCUT2D eigenvalue weighted by molar-refractivity contribution is -0.132. The van der Waals surface area contributed by atoms with Crippen LogP contribution in [0.5, 0.6) is 11.5 Å². The first-order valence-electron chi connectivity index (χ1n) is 8.40. The van der Waals surface area contributed by atoms with Gasteiger partial charge >= 0.3 is 0 Å². The second-order valence-corrected chi connectivity index (χ2v) is 6.49. The molecule has 0 aromatic heterocycles. The number of ether oxygens (including phenoxy) is 2. The first-order chi connectivity index (χ1) is 11.2. The molecule has 1 aliphatic carbocycles. The van der Waals surface area contributed by atoms with Gasteiger partial charge in [0.1, 0.15) is 0 Å². The van der Waals surface area contributed by atoms with Gasteiger partial charge in [-0.25, -0.2) is 0 Å². The normalized spacial score (nSPS) is 18.8. The fraction of sp³-hybridized carbons (Fsp3) is 0.611. The van der Waals surface area contributed by atoms with Gasteiger partial charge in [0, 0.05) is 32.7 Å². The fourth-order valence-electron chi connectivity index (χ4n) is 3.12. The lowest BCUT2D eigenvalue weighted by atomic mass is 10.1. The van der Waals surface area contributed by atoms with Gasteiger partial charge in [0.2, 0.25) is 5.91 Å². The lowest BCUT2D eigenvalue weighted by Gasteiger charge is -2.34. The molecular weight excluding hydrogens is 292 g/mol. The van der Waals surface area contributed by atoms with Crippen LogP contribution in [0, 0.1) is 5.92 Å². The Balaban J connectivity index is 1.52. The van der Waals surface area contributed by atoms with Crippen LogP contribution in [0.4, 0.5) is 0 Å². The van der Waals surface area contributed by atoms with Gasteiger partial charge in [-0.3, -0.25) is 9.69 Å². The maximum atomic E-state index is 12.5. The Bertz CT molecular complexity index is 549. The van der Waals surface area contributed by atoms with Crippen molar-refractivity contribution >= 4 is 5.91 Å². The average Bonchev–Trinajstić information content (AvgIpc) is 3.39. The van der Waals surface area contributed by atoms with E-state index < -0.39 is 0 Å². The van der Waals surface area contributed by atoms with Crippen molar-refractivity contribution in [3.8, 4) is 11.5 Å². The monoisotopic (exact) mass is 318 g/mol. The smallest absolute Gasteiger partial charge is 0.227 e. The topological polar surface area (TPSA) is 42.0 Å². The quantitative estimate of drug-likeness (QED) is 0.802. The first-order valence-corrected chi connectivity index (χ1v) is 8.40. The molecule has 5 nitrogen and oxygen atoms in total. The second-order valence-electron chi connectivity index (χ2n) is 6.49. The maximum Gasteiger partial charge on any atom is 0.227 e. The molecule has 0 radical (unpaired) electrons. The van der Waals surface area contributed by atoms with Crippen molar-refractivity contribution in [2.24, 2.45) is 5.92 Å².